The maximum atomic E-state index is 12.2. The summed E-state index contributed by atoms with van der Waals surface area (Å²) in [6.45, 7) is 0. The molecule has 0 fully saturated rings. The molecule has 0 atom stereocenters. The molecule has 0 unspecified atom stereocenters. The van der Waals surface area contributed by atoms with E-state index in [2.05, 4.69) is 26.2 Å². The number of pyridine rings is 1. The van der Waals surface area contributed by atoms with Gasteiger partial charge in [0, 0.05) is 21.1 Å². The van der Waals surface area contributed by atoms with Crippen molar-refractivity contribution >= 4 is 39.4 Å². The Balaban J connectivity index is 2.03. The second-order valence-electron chi connectivity index (χ2n) is 3.72. The fourth-order valence-corrected chi connectivity index (χ4v) is 2.16. The van der Waals surface area contributed by atoms with Crippen molar-refractivity contribution in [2.45, 2.75) is 10.7 Å². The number of hydrogen-bond donors (Lipinski definition) is 1. The molecule has 1 aromatic heterocycles. The van der Waals surface area contributed by atoms with Crippen LogP contribution in [0.2, 0.25) is 0 Å². The third kappa shape index (κ3) is 4.28. The van der Waals surface area contributed by atoms with Crippen molar-refractivity contribution in [1.29, 1.82) is 0 Å². The number of halogens is 3. The van der Waals surface area contributed by atoms with E-state index < -0.39 is 5.76 Å². The highest BCUT2D eigenvalue weighted by molar-refractivity contribution is 9.10. The smallest absolute Gasteiger partial charge is 0.288 e. The molecule has 0 radical (unpaired) electrons. The Morgan fingerprint density at radius 3 is 2.45 bits per heavy atom. The maximum absolute atomic E-state index is 12.2. The van der Waals surface area contributed by atoms with Crippen LogP contribution in [0.25, 0.3) is 0 Å². The van der Waals surface area contributed by atoms with E-state index in [0.717, 1.165) is 4.47 Å². The predicted molar refractivity (Wildman–Crippen MR) is 78.2 cm³/mol. The van der Waals surface area contributed by atoms with Crippen molar-refractivity contribution < 1.29 is 13.6 Å². The van der Waals surface area contributed by atoms with Crippen LogP contribution >= 0.6 is 27.7 Å². The Labute approximate surface area is 126 Å². The summed E-state index contributed by atoms with van der Waals surface area (Å²) in [5, 5.41) is 2.62. The standard InChI is InChI=1S/C13H9BrF2N2OS/c14-9-3-6-11(17-7-9)18-12(19)8-1-4-10(5-2-8)20-13(15)16/h1-7,13H,(H,17,18,19). The third-order valence-corrected chi connectivity index (χ3v) is 3.50. The van der Waals surface area contributed by atoms with Crippen LogP contribution in [0.1, 0.15) is 10.4 Å². The number of alkyl halides is 2. The SMILES string of the molecule is O=C(Nc1ccc(Br)cn1)c1ccc(SC(F)F)cc1. The highest BCUT2D eigenvalue weighted by atomic mass is 79.9. The van der Waals surface area contributed by atoms with Gasteiger partial charge < -0.3 is 5.32 Å². The Hall–Kier alpha value is -1.47. The van der Waals surface area contributed by atoms with E-state index in [1.54, 1.807) is 18.3 Å². The maximum Gasteiger partial charge on any atom is 0.288 e. The molecule has 1 heterocycles. The normalized spacial score (nSPS) is 10.6. The van der Waals surface area contributed by atoms with Gasteiger partial charge in [0.15, 0.2) is 0 Å². The van der Waals surface area contributed by atoms with Crippen LogP contribution < -0.4 is 5.32 Å². The average molecular weight is 359 g/mol. The molecule has 1 amide bonds. The van der Waals surface area contributed by atoms with Gasteiger partial charge in [-0.25, -0.2) is 4.98 Å². The van der Waals surface area contributed by atoms with Crippen LogP contribution in [0.3, 0.4) is 0 Å². The molecule has 1 N–H and O–H groups in total. The van der Waals surface area contributed by atoms with Gasteiger partial charge in [-0.2, -0.15) is 8.78 Å². The van der Waals surface area contributed by atoms with E-state index in [4.69, 9.17) is 0 Å². The van der Waals surface area contributed by atoms with Gasteiger partial charge in [-0.05, 0) is 52.3 Å². The molecule has 0 bridgehead atoms. The Morgan fingerprint density at radius 2 is 1.90 bits per heavy atom. The molecule has 104 valence electrons. The zero-order chi connectivity index (χ0) is 14.5. The molecule has 20 heavy (non-hydrogen) atoms. The van der Waals surface area contributed by atoms with Crippen LogP contribution in [0.4, 0.5) is 14.6 Å². The lowest BCUT2D eigenvalue weighted by Gasteiger charge is -2.05. The van der Waals surface area contributed by atoms with E-state index in [1.807, 2.05) is 0 Å². The second-order valence-corrected chi connectivity index (χ2v) is 5.70. The zero-order valence-electron chi connectivity index (χ0n) is 10.0. The van der Waals surface area contributed by atoms with Crippen molar-refractivity contribution in [1.82, 2.24) is 4.98 Å². The first-order valence-corrected chi connectivity index (χ1v) is 7.19. The summed E-state index contributed by atoms with van der Waals surface area (Å²) in [6.07, 6.45) is 1.57. The molecule has 2 aromatic rings. The lowest BCUT2D eigenvalue weighted by Crippen LogP contribution is -2.12. The van der Waals surface area contributed by atoms with Gasteiger partial charge in [-0.3, -0.25) is 4.79 Å². The molecule has 0 spiro atoms. The minimum absolute atomic E-state index is 0.339. The summed E-state index contributed by atoms with van der Waals surface area (Å²) in [7, 11) is 0. The quantitative estimate of drug-likeness (QED) is 0.823. The molecule has 1 aromatic carbocycles. The summed E-state index contributed by atoms with van der Waals surface area (Å²) in [4.78, 5) is 16.3. The van der Waals surface area contributed by atoms with Crippen LogP contribution in [0.15, 0.2) is 52.0 Å². The third-order valence-electron chi connectivity index (χ3n) is 2.31. The molecular weight excluding hydrogens is 350 g/mol. The number of amides is 1. The van der Waals surface area contributed by atoms with Crippen molar-refractivity contribution in [3.8, 4) is 0 Å². The zero-order valence-corrected chi connectivity index (χ0v) is 12.4. The summed E-state index contributed by atoms with van der Waals surface area (Å²) in [5.41, 5.74) is 0.383. The van der Waals surface area contributed by atoms with Gasteiger partial charge >= 0.3 is 0 Å². The minimum Gasteiger partial charge on any atom is -0.307 e. The predicted octanol–water partition coefficient (Wildman–Crippen LogP) is 4.41. The number of hydrogen-bond acceptors (Lipinski definition) is 3. The van der Waals surface area contributed by atoms with Gasteiger partial charge in [0.25, 0.3) is 11.7 Å². The van der Waals surface area contributed by atoms with Gasteiger partial charge in [0.1, 0.15) is 5.82 Å². The lowest BCUT2D eigenvalue weighted by molar-refractivity contribution is 0.102. The van der Waals surface area contributed by atoms with E-state index in [0.29, 0.717) is 28.0 Å². The number of benzene rings is 1. The van der Waals surface area contributed by atoms with Gasteiger partial charge in [0.05, 0.1) is 0 Å². The summed E-state index contributed by atoms with van der Waals surface area (Å²) >= 11 is 3.69. The minimum atomic E-state index is -2.47. The fraction of sp³-hybridized carbons (Fsp3) is 0.0769. The highest BCUT2D eigenvalue weighted by Crippen LogP contribution is 2.25. The number of aromatic nitrogens is 1. The molecule has 3 nitrogen and oxygen atoms in total. The number of anilines is 1. The monoisotopic (exact) mass is 358 g/mol. The summed E-state index contributed by atoms with van der Waals surface area (Å²) in [5.74, 6) is -2.39. The van der Waals surface area contributed by atoms with Gasteiger partial charge in [0.2, 0.25) is 0 Å². The number of carbonyl (C=O) groups is 1. The van der Waals surface area contributed by atoms with E-state index in [1.165, 1.54) is 24.3 Å². The van der Waals surface area contributed by atoms with Crippen molar-refractivity contribution in [2.75, 3.05) is 5.32 Å². The van der Waals surface area contributed by atoms with Crippen LogP contribution in [0, 0.1) is 0 Å². The number of carbonyl (C=O) groups excluding carboxylic acids is 1. The van der Waals surface area contributed by atoms with E-state index >= 15 is 0 Å². The van der Waals surface area contributed by atoms with Crippen LogP contribution in [-0.4, -0.2) is 16.6 Å². The average Bonchev–Trinajstić information content (AvgIpc) is 2.41. The summed E-state index contributed by atoms with van der Waals surface area (Å²) < 4.78 is 25.2. The van der Waals surface area contributed by atoms with Crippen LogP contribution in [-0.2, 0) is 0 Å². The first-order chi connectivity index (χ1) is 9.54. The lowest BCUT2D eigenvalue weighted by atomic mass is 10.2. The first-order valence-electron chi connectivity index (χ1n) is 5.52. The van der Waals surface area contributed by atoms with Crippen LogP contribution in [0.5, 0.6) is 0 Å². The molecule has 0 aliphatic carbocycles. The molecule has 7 heteroatoms. The topological polar surface area (TPSA) is 42.0 Å². The number of rotatable bonds is 4. The fourth-order valence-electron chi connectivity index (χ4n) is 1.43. The largest absolute Gasteiger partial charge is 0.307 e. The van der Waals surface area contributed by atoms with Crippen molar-refractivity contribution in [3.05, 3.63) is 52.6 Å². The molecule has 0 aliphatic heterocycles. The van der Waals surface area contributed by atoms with Gasteiger partial charge in [-0.15, -0.1) is 0 Å². The highest BCUT2D eigenvalue weighted by Gasteiger charge is 2.09. The second kappa shape index (κ2) is 6.81. The molecule has 2 rings (SSSR count). The molecule has 0 saturated heterocycles. The van der Waals surface area contributed by atoms with E-state index in [-0.39, 0.29) is 5.91 Å². The Bertz CT molecular complexity index is 590. The molecular formula is C13H9BrF2N2OS. The Kier molecular flexibility index (Phi) is 5.08. The van der Waals surface area contributed by atoms with Gasteiger partial charge in [-0.1, -0.05) is 11.8 Å². The number of nitrogens with zero attached hydrogens (tertiary/aromatic N) is 1. The number of nitrogens with one attached hydrogen (secondary N) is 1. The van der Waals surface area contributed by atoms with Crippen molar-refractivity contribution in [3.63, 3.8) is 0 Å². The first kappa shape index (κ1) is 14.9. The van der Waals surface area contributed by atoms with E-state index in [9.17, 15) is 13.6 Å². The number of thioether (sulfide) groups is 1. The summed E-state index contributed by atoms with van der Waals surface area (Å²) in [6, 6.07) is 9.38. The molecule has 0 saturated carbocycles. The van der Waals surface area contributed by atoms with Crippen molar-refractivity contribution in [2.24, 2.45) is 0 Å². The Morgan fingerprint density at radius 1 is 1.20 bits per heavy atom. The molecule has 0 aliphatic rings.